The minimum Gasteiger partial charge on any atom is -0.309 e. The maximum Gasteiger partial charge on any atom is 0.161 e. The molecule has 0 saturated heterocycles. The summed E-state index contributed by atoms with van der Waals surface area (Å²) in [5.74, 6) is 2.22. The normalized spacial score (nSPS) is 12.5. The lowest BCUT2D eigenvalue weighted by atomic mass is 9.82. The van der Waals surface area contributed by atoms with Gasteiger partial charge in [-0.2, -0.15) is 0 Å². The number of hydrogen-bond donors (Lipinski definition) is 0. The molecule has 0 radical (unpaired) electrons. The number of thiophene rings is 4. The van der Waals surface area contributed by atoms with E-state index >= 15 is 0 Å². The number of benzene rings is 19. The average molecular weight is 1900 g/mol. The van der Waals surface area contributed by atoms with Crippen LogP contribution in [0.4, 0.5) is 0 Å². The van der Waals surface area contributed by atoms with Gasteiger partial charge in [0.15, 0.2) is 17.5 Å². The third-order valence-corrected chi connectivity index (χ3v) is 33.4. The summed E-state index contributed by atoms with van der Waals surface area (Å²) >= 11 is 7.07. The Morgan fingerprint density at radius 2 is 0.483 bits per heavy atom. The molecule has 0 unspecified atom stereocenters. The molecule has 1 aliphatic carbocycles. The number of fused-ring (bicyclic) bond motifs is 27. The van der Waals surface area contributed by atoms with Gasteiger partial charge in [0.2, 0.25) is 0 Å². The van der Waals surface area contributed by atoms with Crippen LogP contribution in [0.5, 0.6) is 0 Å². The summed E-state index contributed by atoms with van der Waals surface area (Å²) < 4.78 is 16.0. The van der Waals surface area contributed by atoms with Gasteiger partial charge in [-0.3, -0.25) is 0 Å². The monoisotopic (exact) mass is 1900 g/mol. The van der Waals surface area contributed by atoms with E-state index in [0.29, 0.717) is 0 Å². The molecule has 0 amide bonds. The number of hydrogen-bond acceptors (Lipinski definition) is 10. The largest absolute Gasteiger partial charge is 0.309 e. The number of nitrogens with zero attached hydrogens (tertiary/aromatic N) is 10. The first-order valence-corrected chi connectivity index (χ1v) is 51.6. The molecule has 0 atom stereocenters. The van der Waals surface area contributed by atoms with Gasteiger partial charge in [-0.15, -0.1) is 45.3 Å². The average Bonchev–Trinajstić information content (AvgIpc) is 1.55. The zero-order chi connectivity index (χ0) is 94.2. The maximum absolute atomic E-state index is 5.40. The summed E-state index contributed by atoms with van der Waals surface area (Å²) in [7, 11) is 0. The lowest BCUT2D eigenvalue weighted by Gasteiger charge is -2.21. The summed E-state index contributed by atoms with van der Waals surface area (Å²) in [5.41, 5.74) is 28.4. The number of para-hydroxylation sites is 8. The molecule has 30 aromatic rings. The molecule has 1 aliphatic rings. The molecule has 0 saturated carbocycles. The number of aromatic nitrogens is 10. The molecule has 14 heteroatoms. The van der Waals surface area contributed by atoms with Crippen LogP contribution in [0.3, 0.4) is 0 Å². The van der Waals surface area contributed by atoms with Crippen molar-refractivity contribution in [1.82, 2.24) is 48.2 Å². The van der Waals surface area contributed by atoms with Crippen LogP contribution in [0.1, 0.15) is 25.0 Å². The Bertz CT molecular complexity index is 10500. The van der Waals surface area contributed by atoms with E-state index in [4.69, 9.17) is 29.9 Å². The molecule has 0 bridgehead atoms. The van der Waals surface area contributed by atoms with Crippen LogP contribution in [0.15, 0.2) is 449 Å². The smallest absolute Gasteiger partial charge is 0.161 e. The zero-order valence-corrected chi connectivity index (χ0v) is 80.6. The molecule has 31 rings (SSSR count). The Morgan fingerprint density at radius 1 is 0.189 bits per heavy atom. The van der Waals surface area contributed by atoms with Crippen molar-refractivity contribution >= 4 is 214 Å². The second-order valence-corrected chi connectivity index (χ2v) is 41.5. The second kappa shape index (κ2) is 32.8. The van der Waals surface area contributed by atoms with Crippen LogP contribution in [0.25, 0.3) is 270 Å². The third-order valence-electron chi connectivity index (χ3n) is 29.0. The first kappa shape index (κ1) is 82.6. The first-order valence-electron chi connectivity index (χ1n) is 48.3. The predicted octanol–water partition coefficient (Wildman–Crippen LogP) is 35.6. The number of rotatable bonds is 10. The molecule has 143 heavy (non-hydrogen) atoms. The van der Waals surface area contributed by atoms with Crippen molar-refractivity contribution in [3.63, 3.8) is 0 Å². The lowest BCUT2D eigenvalue weighted by Crippen LogP contribution is -2.14. The van der Waals surface area contributed by atoms with E-state index in [2.05, 4.69) is 463 Å². The molecule has 0 fully saturated rings. The maximum atomic E-state index is 5.40. The van der Waals surface area contributed by atoms with Crippen molar-refractivity contribution in [3.05, 3.63) is 460 Å². The topological polar surface area (TPSA) is 97.1 Å². The Kier molecular flexibility index (Phi) is 19.0. The van der Waals surface area contributed by atoms with E-state index in [1.54, 1.807) is 34.0 Å². The molecule has 10 nitrogen and oxygen atoms in total. The van der Waals surface area contributed by atoms with Crippen molar-refractivity contribution in [2.45, 2.75) is 19.3 Å². The summed E-state index contributed by atoms with van der Waals surface area (Å²) in [4.78, 5) is 34.6. The Balaban J connectivity index is 0.000000102. The van der Waals surface area contributed by atoms with E-state index in [1.165, 1.54) is 149 Å². The molecule has 0 N–H and O–H groups in total. The zero-order valence-electron chi connectivity index (χ0n) is 77.3. The highest BCUT2D eigenvalue weighted by Gasteiger charge is 2.37. The SMILES string of the molecule is CC1(C)c2ccccc2-c2cc3c(cc21)c1ccccc1n3-c1ccccc1-c1nc(-c2ccccc2)nc2sc3ccccc3c12.c1ccc(-c2nc(-c3ccccc3-n3c4ccccc4c4cc5c(cc43)c3ccccc3n5-c3ccccc3)c3c(n2)sc2ccccc23)cc1.c1ccc(-c2nc(-c3ccccc3-n3c4ccccc4c4cc5sc6ccccc6c5cc43)c3c(n2)sc2ccccc23)cc1. The quantitative estimate of drug-likeness (QED) is 0.135. The molecule has 0 spiro atoms. The van der Waals surface area contributed by atoms with Gasteiger partial charge >= 0.3 is 0 Å². The minimum atomic E-state index is -0.0678. The van der Waals surface area contributed by atoms with E-state index in [1.807, 2.05) is 29.5 Å². The van der Waals surface area contributed by atoms with Gasteiger partial charge in [-0.1, -0.05) is 347 Å². The van der Waals surface area contributed by atoms with Gasteiger partial charge < -0.3 is 18.3 Å². The fourth-order valence-electron chi connectivity index (χ4n) is 22.6. The van der Waals surface area contributed by atoms with Gasteiger partial charge in [-0.25, -0.2) is 29.9 Å². The van der Waals surface area contributed by atoms with Gasteiger partial charge in [0.05, 0.1) is 78.3 Å². The highest BCUT2D eigenvalue weighted by molar-refractivity contribution is 7.27. The predicted molar refractivity (Wildman–Crippen MR) is 605 cm³/mol. The Morgan fingerprint density at radius 3 is 0.895 bits per heavy atom. The Hall–Kier alpha value is -17.5. The molecule has 0 aliphatic heterocycles. The third kappa shape index (κ3) is 13.0. The van der Waals surface area contributed by atoms with Crippen molar-refractivity contribution in [2.75, 3.05) is 0 Å². The molecule has 11 heterocycles. The molecule has 11 aromatic heterocycles. The van der Waals surface area contributed by atoms with Crippen LogP contribution in [0.2, 0.25) is 0 Å². The van der Waals surface area contributed by atoms with Gasteiger partial charge in [-0.05, 0) is 138 Å². The van der Waals surface area contributed by atoms with Crippen LogP contribution in [-0.2, 0) is 5.41 Å². The summed E-state index contributed by atoms with van der Waals surface area (Å²) in [6.45, 7) is 4.71. The highest BCUT2D eigenvalue weighted by atomic mass is 32.1. The van der Waals surface area contributed by atoms with Gasteiger partial charge in [0.1, 0.15) is 14.5 Å². The van der Waals surface area contributed by atoms with Gasteiger partial charge in [0.25, 0.3) is 0 Å². The van der Waals surface area contributed by atoms with Crippen LogP contribution >= 0.6 is 45.3 Å². The first-order chi connectivity index (χ1) is 70.7. The van der Waals surface area contributed by atoms with Crippen LogP contribution in [0, 0.1) is 0 Å². The summed E-state index contributed by atoms with van der Waals surface area (Å²) in [6, 6.07) is 161. The van der Waals surface area contributed by atoms with E-state index in [9.17, 15) is 0 Å². The molecular formula is C129H80N10S4. The van der Waals surface area contributed by atoms with Gasteiger partial charge in [0, 0.05) is 154 Å². The fraction of sp³-hybridized carbons (Fsp3) is 0.0233. The molecule has 19 aromatic carbocycles. The lowest BCUT2D eigenvalue weighted by molar-refractivity contribution is 0.661. The van der Waals surface area contributed by atoms with E-state index in [-0.39, 0.29) is 5.41 Å². The van der Waals surface area contributed by atoms with Crippen molar-refractivity contribution in [2.24, 2.45) is 0 Å². The van der Waals surface area contributed by atoms with Crippen molar-refractivity contribution < 1.29 is 0 Å². The minimum absolute atomic E-state index is 0.0678. The van der Waals surface area contributed by atoms with E-state index < -0.39 is 0 Å². The Labute approximate surface area is 836 Å². The van der Waals surface area contributed by atoms with Crippen molar-refractivity contribution in [3.8, 4) is 102 Å². The molecular weight excluding hydrogens is 1820 g/mol. The summed E-state index contributed by atoms with van der Waals surface area (Å²) in [6.07, 6.45) is 0. The van der Waals surface area contributed by atoms with Crippen LogP contribution in [-0.4, -0.2) is 48.2 Å². The van der Waals surface area contributed by atoms with Crippen molar-refractivity contribution in [1.29, 1.82) is 0 Å². The van der Waals surface area contributed by atoms with E-state index in [0.717, 1.165) is 132 Å². The fourth-order valence-corrected chi connectivity index (χ4v) is 27.0. The summed E-state index contributed by atoms with van der Waals surface area (Å²) in [5, 5.41) is 19.4. The van der Waals surface area contributed by atoms with Crippen LogP contribution < -0.4 is 0 Å². The second-order valence-electron chi connectivity index (χ2n) is 37.4. The molecule has 670 valence electrons. The highest BCUT2D eigenvalue weighted by Crippen LogP contribution is 2.54. The standard InChI is InChI=1S/C46H28N4S.C43H29N3S.C40H23N3S2/c1-3-15-29(16-4-1)45-47-44(43-34-22-10-14-26-42(34)51-46(43)48-45)33-21-9-13-25-39(33)50-38-24-12-8-20-32(38)36-27-40-35(28-41(36)50)31-19-7-11-23-37(31)49(40)30-17-5-2-6-18-30;1-43(2)33-20-10-6-16-27(33)31-25-37-32(24-34(31)43)28-17-7-11-21-35(28)46(37)36-22-12-8-18-29(36)40-39-30-19-9-13-23-38(30)47-42(39)45-41(44-40)26-14-4-3-5-15-26;1-2-12-24(13-3-1)39-41-38(37-28-17-7-11-21-35(28)45-40(37)42-39)27-16-5-9-19-32(27)43-31-18-8-4-14-25(31)29-23-36-30(22-33(29)43)26-15-6-10-20-34(26)44-36/h1-28H;3-25H,1-2H3;1-23H.